The van der Waals surface area contributed by atoms with Crippen molar-refractivity contribution in [1.82, 2.24) is 5.32 Å². The van der Waals surface area contributed by atoms with Gasteiger partial charge in [0.2, 0.25) is 0 Å². The Bertz CT molecular complexity index is 681. The Morgan fingerprint density at radius 1 is 1.18 bits per heavy atom. The smallest absolute Gasteiger partial charge is 0.269 e. The van der Waals surface area contributed by atoms with Crippen LogP contribution in [-0.4, -0.2) is 4.92 Å². The first-order valence-electron chi connectivity index (χ1n) is 7.33. The molecular formula is C17H17BrN2O2. The lowest BCUT2D eigenvalue weighted by atomic mass is 9.71. The zero-order valence-electron chi connectivity index (χ0n) is 12.1. The predicted molar refractivity (Wildman–Crippen MR) is 89.6 cm³/mol. The van der Waals surface area contributed by atoms with Gasteiger partial charge in [0.1, 0.15) is 0 Å². The Kier molecular flexibility index (Phi) is 4.27. The number of nitrogens with one attached hydrogen (secondary N) is 1. The van der Waals surface area contributed by atoms with Crippen LogP contribution in [0.15, 0.2) is 53.0 Å². The molecule has 3 rings (SSSR count). The Balaban J connectivity index is 1.75. The molecule has 0 radical (unpaired) electrons. The van der Waals surface area contributed by atoms with Crippen molar-refractivity contribution in [2.75, 3.05) is 0 Å². The van der Waals surface area contributed by atoms with E-state index in [1.165, 1.54) is 18.1 Å². The minimum atomic E-state index is -0.350. The molecule has 1 N–H and O–H groups in total. The van der Waals surface area contributed by atoms with E-state index in [2.05, 4.69) is 45.5 Å². The number of nitrogens with zero attached hydrogens (tertiary/aromatic N) is 1. The van der Waals surface area contributed by atoms with Crippen molar-refractivity contribution in [3.8, 4) is 0 Å². The number of benzene rings is 2. The van der Waals surface area contributed by atoms with E-state index < -0.39 is 0 Å². The molecule has 2 aromatic carbocycles. The van der Waals surface area contributed by atoms with E-state index in [1.54, 1.807) is 12.1 Å². The van der Waals surface area contributed by atoms with Crippen LogP contribution in [0.1, 0.15) is 30.4 Å². The number of rotatable bonds is 5. The molecule has 0 unspecified atom stereocenters. The van der Waals surface area contributed by atoms with E-state index in [4.69, 9.17) is 0 Å². The van der Waals surface area contributed by atoms with Crippen LogP contribution in [0.3, 0.4) is 0 Å². The van der Waals surface area contributed by atoms with E-state index in [0.29, 0.717) is 6.54 Å². The van der Waals surface area contributed by atoms with Crippen molar-refractivity contribution >= 4 is 21.6 Å². The first-order valence-corrected chi connectivity index (χ1v) is 8.13. The average Bonchev–Trinajstić information content (AvgIpc) is 2.48. The van der Waals surface area contributed by atoms with Gasteiger partial charge in [-0.05, 0) is 42.5 Å². The summed E-state index contributed by atoms with van der Waals surface area (Å²) in [4.78, 5) is 10.5. The molecule has 1 fully saturated rings. The molecule has 0 aliphatic heterocycles. The van der Waals surface area contributed by atoms with Crippen LogP contribution in [0.2, 0.25) is 0 Å². The summed E-state index contributed by atoms with van der Waals surface area (Å²) in [5.74, 6) is 0. The number of halogens is 1. The fraction of sp³-hybridized carbons (Fsp3) is 0.294. The molecule has 0 aromatic heterocycles. The molecule has 0 saturated heterocycles. The molecule has 0 spiro atoms. The lowest BCUT2D eigenvalue weighted by Gasteiger charge is -2.43. The molecular weight excluding hydrogens is 344 g/mol. The van der Waals surface area contributed by atoms with Gasteiger partial charge in [0.05, 0.1) is 4.92 Å². The van der Waals surface area contributed by atoms with E-state index in [9.17, 15) is 10.1 Å². The number of nitro groups is 1. The highest BCUT2D eigenvalue weighted by Crippen LogP contribution is 2.41. The van der Waals surface area contributed by atoms with Gasteiger partial charge in [-0.2, -0.15) is 0 Å². The maximum Gasteiger partial charge on any atom is 0.269 e. The summed E-state index contributed by atoms with van der Waals surface area (Å²) in [6.07, 6.45) is 3.41. The molecule has 1 aliphatic carbocycles. The highest BCUT2D eigenvalue weighted by molar-refractivity contribution is 9.10. The van der Waals surface area contributed by atoms with Crippen LogP contribution in [0, 0.1) is 10.1 Å². The minimum absolute atomic E-state index is 0.00528. The van der Waals surface area contributed by atoms with Gasteiger partial charge in [0, 0.05) is 28.7 Å². The Morgan fingerprint density at radius 3 is 2.50 bits per heavy atom. The second kappa shape index (κ2) is 6.18. The summed E-state index contributed by atoms with van der Waals surface area (Å²) in [6, 6.07) is 15.2. The molecule has 5 heteroatoms. The topological polar surface area (TPSA) is 55.2 Å². The standard InChI is InChI=1S/C17H17BrN2O2/c18-15-7-5-14(6-8-15)17(9-2-10-17)19-12-13-3-1-4-16(11-13)20(21)22/h1,3-8,11,19H,2,9-10,12H2. The largest absolute Gasteiger partial charge is 0.303 e. The molecule has 1 aliphatic rings. The Morgan fingerprint density at radius 2 is 1.91 bits per heavy atom. The number of hydrogen-bond donors (Lipinski definition) is 1. The molecule has 0 bridgehead atoms. The second-order valence-corrected chi connectivity index (χ2v) is 6.64. The van der Waals surface area contributed by atoms with Crippen LogP contribution >= 0.6 is 15.9 Å². The second-order valence-electron chi connectivity index (χ2n) is 5.72. The summed E-state index contributed by atoms with van der Waals surface area (Å²) in [7, 11) is 0. The third kappa shape index (κ3) is 3.05. The molecule has 114 valence electrons. The molecule has 4 nitrogen and oxygen atoms in total. The lowest BCUT2D eigenvalue weighted by molar-refractivity contribution is -0.384. The van der Waals surface area contributed by atoms with E-state index in [1.807, 2.05) is 6.07 Å². The molecule has 0 amide bonds. The molecule has 1 saturated carbocycles. The van der Waals surface area contributed by atoms with Gasteiger partial charge < -0.3 is 5.32 Å². The van der Waals surface area contributed by atoms with Gasteiger partial charge in [-0.1, -0.05) is 40.2 Å². The molecule has 22 heavy (non-hydrogen) atoms. The van der Waals surface area contributed by atoms with Crippen LogP contribution in [-0.2, 0) is 12.1 Å². The van der Waals surface area contributed by atoms with Crippen molar-refractivity contribution < 1.29 is 4.92 Å². The van der Waals surface area contributed by atoms with E-state index in [0.717, 1.165) is 22.9 Å². The van der Waals surface area contributed by atoms with E-state index >= 15 is 0 Å². The van der Waals surface area contributed by atoms with Gasteiger partial charge in [0.15, 0.2) is 0 Å². The quantitative estimate of drug-likeness (QED) is 0.629. The number of non-ortho nitro benzene ring substituents is 1. The van der Waals surface area contributed by atoms with Gasteiger partial charge >= 0.3 is 0 Å². The predicted octanol–water partition coefficient (Wildman–Crippen LogP) is 4.53. The summed E-state index contributed by atoms with van der Waals surface area (Å²) in [5, 5.41) is 14.5. The number of nitro benzene ring substituents is 1. The zero-order chi connectivity index (χ0) is 15.6. The normalized spacial score (nSPS) is 16.0. The Labute approximate surface area is 137 Å². The van der Waals surface area contributed by atoms with Crippen LogP contribution < -0.4 is 5.32 Å². The van der Waals surface area contributed by atoms with Gasteiger partial charge in [-0.3, -0.25) is 10.1 Å². The third-order valence-electron chi connectivity index (χ3n) is 4.36. The molecule has 0 heterocycles. The van der Waals surface area contributed by atoms with Crippen molar-refractivity contribution in [2.45, 2.75) is 31.3 Å². The maximum absolute atomic E-state index is 10.9. The average molecular weight is 361 g/mol. The Hall–Kier alpha value is -1.72. The van der Waals surface area contributed by atoms with Crippen LogP contribution in [0.25, 0.3) is 0 Å². The van der Waals surface area contributed by atoms with Crippen LogP contribution in [0.4, 0.5) is 5.69 Å². The van der Waals surface area contributed by atoms with Gasteiger partial charge in [0.25, 0.3) is 5.69 Å². The van der Waals surface area contributed by atoms with Crippen molar-refractivity contribution in [1.29, 1.82) is 0 Å². The SMILES string of the molecule is O=[N+]([O-])c1cccc(CNC2(c3ccc(Br)cc3)CCC2)c1. The zero-order valence-corrected chi connectivity index (χ0v) is 13.7. The van der Waals surface area contributed by atoms with Crippen molar-refractivity contribution in [3.05, 3.63) is 74.2 Å². The first-order chi connectivity index (χ1) is 10.6. The maximum atomic E-state index is 10.9. The van der Waals surface area contributed by atoms with Gasteiger partial charge in [-0.15, -0.1) is 0 Å². The van der Waals surface area contributed by atoms with E-state index in [-0.39, 0.29) is 16.1 Å². The third-order valence-corrected chi connectivity index (χ3v) is 4.88. The van der Waals surface area contributed by atoms with Crippen molar-refractivity contribution in [2.24, 2.45) is 0 Å². The molecule has 0 atom stereocenters. The fourth-order valence-corrected chi connectivity index (χ4v) is 3.18. The highest BCUT2D eigenvalue weighted by Gasteiger charge is 2.37. The summed E-state index contributed by atoms with van der Waals surface area (Å²) in [6.45, 7) is 0.637. The lowest BCUT2D eigenvalue weighted by Crippen LogP contribution is -2.47. The highest BCUT2D eigenvalue weighted by atomic mass is 79.9. The fourth-order valence-electron chi connectivity index (χ4n) is 2.92. The first kappa shape index (κ1) is 15.2. The van der Waals surface area contributed by atoms with Gasteiger partial charge in [-0.25, -0.2) is 0 Å². The van der Waals surface area contributed by atoms with Crippen molar-refractivity contribution in [3.63, 3.8) is 0 Å². The van der Waals surface area contributed by atoms with Crippen LogP contribution in [0.5, 0.6) is 0 Å². The molecule has 2 aromatic rings. The summed E-state index contributed by atoms with van der Waals surface area (Å²) < 4.78 is 1.07. The summed E-state index contributed by atoms with van der Waals surface area (Å²) in [5.41, 5.74) is 2.38. The minimum Gasteiger partial charge on any atom is -0.303 e. The monoisotopic (exact) mass is 360 g/mol. The number of hydrogen-bond acceptors (Lipinski definition) is 3. The summed E-state index contributed by atoms with van der Waals surface area (Å²) >= 11 is 3.47.